The number of carbonyl (C=O) groups excluding carboxylic acids is 2. The quantitative estimate of drug-likeness (QED) is 0.755. The summed E-state index contributed by atoms with van der Waals surface area (Å²) in [5, 5.41) is 0. The maximum atomic E-state index is 12.1. The van der Waals surface area contributed by atoms with Crippen molar-refractivity contribution in [3.8, 4) is 17.2 Å². The molecular weight excluding hydrogens is 280 g/mol. The van der Waals surface area contributed by atoms with E-state index in [9.17, 15) is 9.59 Å². The number of hydrogen-bond acceptors (Lipinski definition) is 7. The summed E-state index contributed by atoms with van der Waals surface area (Å²) in [6.45, 7) is 0.256. The highest BCUT2D eigenvalue weighted by Crippen LogP contribution is 2.38. The summed E-state index contributed by atoms with van der Waals surface area (Å²) in [4.78, 5) is 23.4. The first-order valence-electron chi connectivity index (χ1n) is 6.28. The molecule has 0 bridgehead atoms. The maximum Gasteiger partial charge on any atom is 0.347 e. The smallest absolute Gasteiger partial charge is 0.347 e. The van der Waals surface area contributed by atoms with Crippen LogP contribution in [0.4, 0.5) is 0 Å². The number of carbonyl (C=O) groups is 2. The second kappa shape index (κ2) is 6.34. The molecule has 114 valence electrons. The fourth-order valence-electron chi connectivity index (χ4n) is 1.98. The molecule has 1 fully saturated rings. The molecule has 21 heavy (non-hydrogen) atoms. The standard InChI is InChI=1S/C14H16O7/c1-17-10-6-8(7-11(18-2)12(10)19-3)13(15)21-9-4-5-20-14(9)16/h6-7,9H,4-5H2,1-3H3. The van der Waals surface area contributed by atoms with Gasteiger partial charge in [0.15, 0.2) is 11.5 Å². The number of hydrogen-bond donors (Lipinski definition) is 0. The van der Waals surface area contributed by atoms with Crippen LogP contribution in [0, 0.1) is 0 Å². The van der Waals surface area contributed by atoms with Crippen LogP contribution in [-0.2, 0) is 14.3 Å². The Morgan fingerprint density at radius 3 is 2.19 bits per heavy atom. The van der Waals surface area contributed by atoms with E-state index in [4.69, 9.17) is 23.7 Å². The van der Waals surface area contributed by atoms with E-state index in [1.807, 2.05) is 0 Å². The molecule has 1 aliphatic heterocycles. The minimum Gasteiger partial charge on any atom is -0.493 e. The van der Waals surface area contributed by atoms with Crippen molar-refractivity contribution in [3.63, 3.8) is 0 Å². The molecule has 1 saturated heterocycles. The molecule has 2 rings (SSSR count). The van der Waals surface area contributed by atoms with Crippen LogP contribution in [0.3, 0.4) is 0 Å². The monoisotopic (exact) mass is 296 g/mol. The van der Waals surface area contributed by atoms with Gasteiger partial charge in [-0.2, -0.15) is 0 Å². The Balaban J connectivity index is 2.26. The first-order chi connectivity index (χ1) is 10.1. The van der Waals surface area contributed by atoms with Crippen LogP contribution in [0.25, 0.3) is 0 Å². The predicted molar refractivity (Wildman–Crippen MR) is 70.9 cm³/mol. The zero-order valence-electron chi connectivity index (χ0n) is 12.0. The number of esters is 2. The molecule has 1 unspecified atom stereocenters. The van der Waals surface area contributed by atoms with Gasteiger partial charge in [0.05, 0.1) is 33.5 Å². The van der Waals surface area contributed by atoms with Crippen LogP contribution in [0.5, 0.6) is 17.2 Å². The Kier molecular flexibility index (Phi) is 4.52. The van der Waals surface area contributed by atoms with Gasteiger partial charge in [0.2, 0.25) is 11.9 Å². The lowest BCUT2D eigenvalue weighted by molar-refractivity contribution is -0.145. The van der Waals surface area contributed by atoms with E-state index < -0.39 is 18.0 Å². The third-order valence-corrected chi connectivity index (χ3v) is 3.04. The van der Waals surface area contributed by atoms with Gasteiger partial charge in [-0.1, -0.05) is 0 Å². The molecule has 7 nitrogen and oxygen atoms in total. The third-order valence-electron chi connectivity index (χ3n) is 3.04. The number of cyclic esters (lactones) is 1. The molecule has 0 spiro atoms. The van der Waals surface area contributed by atoms with E-state index in [2.05, 4.69) is 0 Å². The van der Waals surface area contributed by atoms with Crippen molar-refractivity contribution in [2.45, 2.75) is 12.5 Å². The summed E-state index contributed by atoms with van der Waals surface area (Å²) < 4.78 is 25.3. The molecule has 1 aromatic rings. The van der Waals surface area contributed by atoms with Crippen LogP contribution >= 0.6 is 0 Å². The molecule has 1 heterocycles. The second-order valence-electron chi connectivity index (χ2n) is 4.26. The lowest BCUT2D eigenvalue weighted by Gasteiger charge is -2.14. The van der Waals surface area contributed by atoms with Gasteiger partial charge in [0, 0.05) is 6.42 Å². The Morgan fingerprint density at radius 2 is 1.76 bits per heavy atom. The van der Waals surface area contributed by atoms with E-state index in [1.54, 1.807) is 0 Å². The van der Waals surface area contributed by atoms with E-state index >= 15 is 0 Å². The van der Waals surface area contributed by atoms with Gasteiger partial charge in [-0.3, -0.25) is 0 Å². The van der Waals surface area contributed by atoms with Gasteiger partial charge in [-0.25, -0.2) is 9.59 Å². The molecule has 0 N–H and O–H groups in total. The molecule has 1 atom stereocenters. The summed E-state index contributed by atoms with van der Waals surface area (Å²) in [6, 6.07) is 2.92. The molecule has 1 aliphatic rings. The summed E-state index contributed by atoms with van der Waals surface area (Å²) in [5.74, 6) is -0.152. The van der Waals surface area contributed by atoms with Gasteiger partial charge in [-0.05, 0) is 12.1 Å². The fraction of sp³-hybridized carbons (Fsp3) is 0.429. The van der Waals surface area contributed by atoms with Gasteiger partial charge in [0.25, 0.3) is 0 Å². The highest BCUT2D eigenvalue weighted by atomic mass is 16.6. The van der Waals surface area contributed by atoms with Crippen LogP contribution in [0.2, 0.25) is 0 Å². The molecule has 0 amide bonds. The average Bonchev–Trinajstić information content (AvgIpc) is 2.90. The lowest BCUT2D eigenvalue weighted by Crippen LogP contribution is -2.22. The maximum absolute atomic E-state index is 12.1. The third kappa shape index (κ3) is 3.01. The van der Waals surface area contributed by atoms with E-state index in [-0.39, 0.29) is 12.2 Å². The highest BCUT2D eigenvalue weighted by molar-refractivity contribution is 5.93. The van der Waals surface area contributed by atoms with Crippen LogP contribution in [0.15, 0.2) is 12.1 Å². The van der Waals surface area contributed by atoms with E-state index in [0.717, 1.165) is 0 Å². The Labute approximate surface area is 121 Å². The number of methoxy groups -OCH3 is 3. The van der Waals surface area contributed by atoms with E-state index in [1.165, 1.54) is 33.5 Å². The molecule has 0 aromatic heterocycles. The second-order valence-corrected chi connectivity index (χ2v) is 4.26. The van der Waals surface area contributed by atoms with E-state index in [0.29, 0.717) is 23.7 Å². The van der Waals surface area contributed by atoms with Crippen molar-refractivity contribution < 1.29 is 33.3 Å². The SMILES string of the molecule is COc1cc(C(=O)OC2CCOC2=O)cc(OC)c1OC. The first-order valence-corrected chi connectivity index (χ1v) is 6.28. The summed E-state index contributed by atoms with van der Waals surface area (Å²) >= 11 is 0. The first kappa shape index (κ1) is 15.0. The van der Waals surface area contributed by atoms with Crippen molar-refractivity contribution in [1.29, 1.82) is 0 Å². The van der Waals surface area contributed by atoms with Gasteiger partial charge >= 0.3 is 11.9 Å². The van der Waals surface area contributed by atoms with Crippen molar-refractivity contribution in [1.82, 2.24) is 0 Å². The largest absolute Gasteiger partial charge is 0.493 e. The van der Waals surface area contributed by atoms with Gasteiger partial charge in [0.1, 0.15) is 0 Å². The Bertz CT molecular complexity index is 527. The average molecular weight is 296 g/mol. The van der Waals surface area contributed by atoms with Crippen molar-refractivity contribution in [3.05, 3.63) is 17.7 Å². The Morgan fingerprint density at radius 1 is 1.14 bits per heavy atom. The van der Waals surface area contributed by atoms with Gasteiger partial charge < -0.3 is 23.7 Å². The fourth-order valence-corrected chi connectivity index (χ4v) is 1.98. The number of benzene rings is 1. The number of ether oxygens (including phenoxy) is 5. The minimum absolute atomic E-state index is 0.198. The highest BCUT2D eigenvalue weighted by Gasteiger charge is 2.31. The molecule has 0 saturated carbocycles. The lowest BCUT2D eigenvalue weighted by atomic mass is 10.1. The normalized spacial score (nSPS) is 17.1. The molecule has 7 heteroatoms. The predicted octanol–water partition coefficient (Wildman–Crippen LogP) is 1.18. The number of rotatable bonds is 5. The molecular formula is C14H16O7. The summed E-state index contributed by atoms with van der Waals surface area (Å²) in [6.07, 6.45) is -0.508. The zero-order valence-corrected chi connectivity index (χ0v) is 12.0. The van der Waals surface area contributed by atoms with Crippen molar-refractivity contribution >= 4 is 11.9 Å². The topological polar surface area (TPSA) is 80.3 Å². The summed E-state index contributed by atoms with van der Waals surface area (Å²) in [5.41, 5.74) is 0.198. The minimum atomic E-state index is -0.864. The molecule has 0 aliphatic carbocycles. The zero-order chi connectivity index (χ0) is 15.4. The Hall–Kier alpha value is -2.44. The van der Waals surface area contributed by atoms with Crippen molar-refractivity contribution in [2.75, 3.05) is 27.9 Å². The van der Waals surface area contributed by atoms with Crippen molar-refractivity contribution in [2.24, 2.45) is 0 Å². The van der Waals surface area contributed by atoms with Gasteiger partial charge in [-0.15, -0.1) is 0 Å². The summed E-state index contributed by atoms with van der Waals surface area (Å²) in [7, 11) is 4.36. The van der Waals surface area contributed by atoms with Crippen LogP contribution in [-0.4, -0.2) is 46.0 Å². The molecule has 1 aromatic carbocycles. The van der Waals surface area contributed by atoms with Crippen LogP contribution in [0.1, 0.15) is 16.8 Å². The molecule has 0 radical (unpaired) electrons. The van der Waals surface area contributed by atoms with Crippen LogP contribution < -0.4 is 14.2 Å².